The van der Waals surface area contributed by atoms with Gasteiger partial charge in [-0.05, 0) is 18.3 Å². The predicted octanol–water partition coefficient (Wildman–Crippen LogP) is 1.27. The monoisotopic (exact) mass is 300 g/mol. The number of aliphatic hydroxyl groups is 1. The summed E-state index contributed by atoms with van der Waals surface area (Å²) in [7, 11) is 0. The van der Waals surface area contributed by atoms with E-state index in [2.05, 4.69) is 4.84 Å². The highest BCUT2D eigenvalue weighted by Crippen LogP contribution is 2.27. The molecule has 0 aromatic carbocycles. The Morgan fingerprint density at radius 3 is 2.48 bits per heavy atom. The van der Waals surface area contributed by atoms with Crippen molar-refractivity contribution in [3.63, 3.8) is 0 Å². The SMILES string of the molecule is CC(C)CC(=O)ONC(=O)C(O)C(N)CC1CCCCC1. The van der Waals surface area contributed by atoms with Crippen LogP contribution in [0.3, 0.4) is 0 Å². The van der Waals surface area contributed by atoms with E-state index in [0.717, 1.165) is 12.8 Å². The molecule has 1 rings (SSSR count). The second kappa shape index (κ2) is 9.00. The molecule has 21 heavy (non-hydrogen) atoms. The zero-order valence-electron chi connectivity index (χ0n) is 13.0. The summed E-state index contributed by atoms with van der Waals surface area (Å²) in [5.74, 6) is -0.658. The average molecular weight is 300 g/mol. The zero-order valence-corrected chi connectivity index (χ0v) is 13.0. The van der Waals surface area contributed by atoms with Crippen molar-refractivity contribution in [2.45, 2.75) is 70.9 Å². The molecule has 1 saturated carbocycles. The molecule has 1 amide bonds. The van der Waals surface area contributed by atoms with Crippen molar-refractivity contribution in [2.75, 3.05) is 0 Å². The molecule has 6 nitrogen and oxygen atoms in total. The fraction of sp³-hybridized carbons (Fsp3) is 0.867. The maximum absolute atomic E-state index is 11.7. The van der Waals surface area contributed by atoms with E-state index < -0.39 is 24.0 Å². The molecule has 4 N–H and O–H groups in total. The second-order valence-corrected chi connectivity index (χ2v) is 6.39. The van der Waals surface area contributed by atoms with Gasteiger partial charge in [0, 0.05) is 6.04 Å². The summed E-state index contributed by atoms with van der Waals surface area (Å²) < 4.78 is 0. The largest absolute Gasteiger partial charge is 0.381 e. The van der Waals surface area contributed by atoms with Gasteiger partial charge < -0.3 is 15.7 Å². The molecule has 2 atom stereocenters. The lowest BCUT2D eigenvalue weighted by molar-refractivity contribution is -0.162. The highest BCUT2D eigenvalue weighted by atomic mass is 16.7. The number of carbonyl (C=O) groups is 2. The van der Waals surface area contributed by atoms with Crippen LogP contribution in [-0.4, -0.2) is 29.1 Å². The molecule has 6 heteroatoms. The van der Waals surface area contributed by atoms with Crippen LogP contribution in [0.25, 0.3) is 0 Å². The number of nitrogens with two attached hydrogens (primary N) is 1. The van der Waals surface area contributed by atoms with Crippen LogP contribution in [0.15, 0.2) is 0 Å². The first-order valence-electron chi connectivity index (χ1n) is 7.83. The lowest BCUT2D eigenvalue weighted by Gasteiger charge is -2.26. The minimum absolute atomic E-state index is 0.146. The fourth-order valence-corrected chi connectivity index (χ4v) is 2.67. The van der Waals surface area contributed by atoms with Gasteiger partial charge in [0.05, 0.1) is 6.42 Å². The number of nitrogens with one attached hydrogen (secondary N) is 1. The van der Waals surface area contributed by atoms with E-state index in [4.69, 9.17) is 5.73 Å². The molecule has 2 unspecified atom stereocenters. The standard InChI is InChI=1S/C15H28N2O4/c1-10(2)8-13(18)21-17-15(20)14(19)12(16)9-11-6-4-3-5-7-11/h10-12,14,19H,3-9,16H2,1-2H3,(H,17,20). The Labute approximate surface area is 126 Å². The van der Waals surface area contributed by atoms with Crippen LogP contribution in [0, 0.1) is 11.8 Å². The van der Waals surface area contributed by atoms with E-state index in [9.17, 15) is 14.7 Å². The summed E-state index contributed by atoms with van der Waals surface area (Å²) in [6.07, 6.45) is 5.31. The van der Waals surface area contributed by atoms with Gasteiger partial charge in [-0.1, -0.05) is 46.0 Å². The topological polar surface area (TPSA) is 102 Å². The van der Waals surface area contributed by atoms with Gasteiger partial charge in [-0.2, -0.15) is 5.48 Å². The first-order chi connectivity index (χ1) is 9.90. The van der Waals surface area contributed by atoms with Crippen molar-refractivity contribution in [2.24, 2.45) is 17.6 Å². The van der Waals surface area contributed by atoms with E-state index in [1.165, 1.54) is 19.3 Å². The van der Waals surface area contributed by atoms with Gasteiger partial charge in [-0.15, -0.1) is 0 Å². The molecule has 0 aromatic rings. The molecule has 1 aliphatic carbocycles. The first kappa shape index (κ1) is 17.9. The van der Waals surface area contributed by atoms with Crippen molar-refractivity contribution < 1.29 is 19.5 Å². The van der Waals surface area contributed by atoms with Crippen LogP contribution in [0.4, 0.5) is 0 Å². The molecule has 0 saturated heterocycles. The van der Waals surface area contributed by atoms with Crippen LogP contribution in [-0.2, 0) is 14.4 Å². The Morgan fingerprint density at radius 1 is 1.29 bits per heavy atom. The highest BCUT2D eigenvalue weighted by molar-refractivity contribution is 5.82. The van der Waals surface area contributed by atoms with Gasteiger partial charge in [0.25, 0.3) is 5.91 Å². The summed E-state index contributed by atoms with van der Waals surface area (Å²) in [4.78, 5) is 27.6. The quantitative estimate of drug-likeness (QED) is 0.641. The second-order valence-electron chi connectivity index (χ2n) is 6.39. The Morgan fingerprint density at radius 2 is 1.90 bits per heavy atom. The lowest BCUT2D eigenvalue weighted by Crippen LogP contribution is -2.47. The molecular weight excluding hydrogens is 272 g/mol. The number of rotatable bonds is 6. The van der Waals surface area contributed by atoms with E-state index in [-0.39, 0.29) is 12.3 Å². The fourth-order valence-electron chi connectivity index (χ4n) is 2.67. The van der Waals surface area contributed by atoms with Gasteiger partial charge in [-0.25, -0.2) is 4.79 Å². The maximum atomic E-state index is 11.7. The van der Waals surface area contributed by atoms with Crippen molar-refractivity contribution in [3.05, 3.63) is 0 Å². The molecule has 122 valence electrons. The van der Waals surface area contributed by atoms with Crippen molar-refractivity contribution >= 4 is 11.9 Å². The van der Waals surface area contributed by atoms with Crippen molar-refractivity contribution in [1.82, 2.24) is 5.48 Å². The Kier molecular flexibility index (Phi) is 7.67. The lowest BCUT2D eigenvalue weighted by atomic mass is 9.84. The zero-order chi connectivity index (χ0) is 15.8. The summed E-state index contributed by atoms with van der Waals surface area (Å²) in [6.45, 7) is 3.75. The Hall–Kier alpha value is -1.14. The normalized spacial score (nSPS) is 19.1. The summed E-state index contributed by atoms with van der Waals surface area (Å²) in [6, 6.07) is -0.628. The predicted molar refractivity (Wildman–Crippen MR) is 78.9 cm³/mol. The smallest absolute Gasteiger partial charge is 0.332 e. The van der Waals surface area contributed by atoms with Crippen LogP contribution in [0.2, 0.25) is 0 Å². The summed E-state index contributed by atoms with van der Waals surface area (Å²) in [5.41, 5.74) is 7.87. The molecule has 0 heterocycles. The molecule has 0 spiro atoms. The number of amides is 1. The van der Waals surface area contributed by atoms with Gasteiger partial charge in [0.2, 0.25) is 0 Å². The van der Waals surface area contributed by atoms with E-state index in [0.29, 0.717) is 12.3 Å². The molecule has 0 aromatic heterocycles. The molecular formula is C15H28N2O4. The van der Waals surface area contributed by atoms with Crippen molar-refractivity contribution in [3.8, 4) is 0 Å². The maximum Gasteiger partial charge on any atom is 0.332 e. The first-order valence-corrected chi connectivity index (χ1v) is 7.83. The van der Waals surface area contributed by atoms with Crippen LogP contribution in [0.1, 0.15) is 58.8 Å². The highest BCUT2D eigenvalue weighted by Gasteiger charge is 2.27. The Balaban J connectivity index is 2.29. The third kappa shape index (κ3) is 6.91. The average Bonchev–Trinajstić information content (AvgIpc) is 2.44. The minimum atomic E-state index is -1.35. The molecule has 1 fully saturated rings. The number of hydroxylamine groups is 1. The van der Waals surface area contributed by atoms with Gasteiger partial charge in [0.15, 0.2) is 6.10 Å². The molecule has 0 bridgehead atoms. The minimum Gasteiger partial charge on any atom is -0.381 e. The summed E-state index contributed by atoms with van der Waals surface area (Å²) in [5, 5.41) is 9.88. The molecule has 0 radical (unpaired) electrons. The number of hydrogen-bond acceptors (Lipinski definition) is 5. The van der Waals surface area contributed by atoms with Crippen LogP contribution in [0.5, 0.6) is 0 Å². The van der Waals surface area contributed by atoms with Crippen LogP contribution >= 0.6 is 0 Å². The molecule has 1 aliphatic rings. The van der Waals surface area contributed by atoms with Gasteiger partial charge in [-0.3, -0.25) is 4.79 Å². The number of aliphatic hydroxyl groups excluding tert-OH is 1. The van der Waals surface area contributed by atoms with E-state index in [1.807, 2.05) is 19.3 Å². The summed E-state index contributed by atoms with van der Waals surface area (Å²) >= 11 is 0. The van der Waals surface area contributed by atoms with Crippen molar-refractivity contribution in [1.29, 1.82) is 0 Å². The van der Waals surface area contributed by atoms with Gasteiger partial charge >= 0.3 is 5.97 Å². The van der Waals surface area contributed by atoms with E-state index in [1.54, 1.807) is 0 Å². The number of hydrogen-bond donors (Lipinski definition) is 3. The molecule has 0 aliphatic heterocycles. The third-order valence-corrected chi connectivity index (χ3v) is 3.84. The van der Waals surface area contributed by atoms with E-state index >= 15 is 0 Å². The van der Waals surface area contributed by atoms with Crippen LogP contribution < -0.4 is 11.2 Å². The van der Waals surface area contributed by atoms with Gasteiger partial charge in [0.1, 0.15) is 0 Å². The Bertz CT molecular complexity index is 341. The third-order valence-electron chi connectivity index (χ3n) is 3.84. The number of carbonyl (C=O) groups excluding carboxylic acids is 2.